The van der Waals surface area contributed by atoms with E-state index < -0.39 is 0 Å². The van der Waals surface area contributed by atoms with Crippen LogP contribution in [0.5, 0.6) is 0 Å². The van der Waals surface area contributed by atoms with Crippen LogP contribution in [0.3, 0.4) is 0 Å². The first kappa shape index (κ1) is 11.1. The van der Waals surface area contributed by atoms with Gasteiger partial charge in [-0.05, 0) is 12.8 Å². The number of aromatic nitrogens is 2. The average Bonchev–Trinajstić information content (AvgIpc) is 2.66. The van der Waals surface area contributed by atoms with Crippen LogP contribution in [0.25, 0.3) is 0 Å². The van der Waals surface area contributed by atoms with Gasteiger partial charge in [-0.3, -0.25) is 9.36 Å². The van der Waals surface area contributed by atoms with Crippen molar-refractivity contribution < 1.29 is 5.11 Å². The third-order valence-electron chi connectivity index (χ3n) is 2.97. The first-order chi connectivity index (χ1) is 7.65. The Labute approximate surface area is 91.9 Å². The summed E-state index contributed by atoms with van der Waals surface area (Å²) < 4.78 is 1.09. The third kappa shape index (κ3) is 1.70. The van der Waals surface area contributed by atoms with Crippen LogP contribution in [0.4, 0.5) is 0 Å². The van der Waals surface area contributed by atoms with Gasteiger partial charge in [0.15, 0.2) is 0 Å². The van der Waals surface area contributed by atoms with E-state index in [2.05, 4.69) is 10.3 Å². The van der Waals surface area contributed by atoms with Crippen LogP contribution < -0.4 is 16.6 Å². The van der Waals surface area contributed by atoms with E-state index in [1.807, 2.05) is 0 Å². The Kier molecular flexibility index (Phi) is 2.93. The summed E-state index contributed by atoms with van der Waals surface area (Å²) >= 11 is 0. The normalized spacial score (nSPS) is 18.8. The summed E-state index contributed by atoms with van der Waals surface area (Å²) in [7, 11) is 1.47. The molecule has 3 N–H and O–H groups in total. The van der Waals surface area contributed by atoms with Crippen molar-refractivity contribution in [2.75, 3.05) is 13.2 Å². The Morgan fingerprint density at radius 2 is 2.31 bits per heavy atom. The topological polar surface area (TPSA) is 87.1 Å². The van der Waals surface area contributed by atoms with Gasteiger partial charge in [-0.25, -0.2) is 4.79 Å². The summed E-state index contributed by atoms with van der Waals surface area (Å²) in [5.41, 5.74) is 0.757. The highest BCUT2D eigenvalue weighted by atomic mass is 16.3. The van der Waals surface area contributed by atoms with Crippen molar-refractivity contribution in [2.45, 2.75) is 18.9 Å². The maximum atomic E-state index is 11.8. The van der Waals surface area contributed by atoms with Gasteiger partial charge < -0.3 is 15.4 Å². The highest BCUT2D eigenvalue weighted by Crippen LogP contribution is 2.25. The summed E-state index contributed by atoms with van der Waals surface area (Å²) in [6.45, 7) is 0.502. The quantitative estimate of drug-likeness (QED) is 0.593. The molecule has 0 spiro atoms. The molecule has 1 aromatic heterocycles. The molecule has 2 rings (SSSR count). The molecule has 0 fully saturated rings. The Hall–Kier alpha value is -1.40. The molecule has 0 aromatic carbocycles. The van der Waals surface area contributed by atoms with Crippen molar-refractivity contribution >= 4 is 0 Å². The second kappa shape index (κ2) is 4.23. The van der Waals surface area contributed by atoms with Gasteiger partial charge in [0.1, 0.15) is 0 Å². The molecule has 6 heteroatoms. The fourth-order valence-electron chi connectivity index (χ4n) is 2.10. The number of fused-ring (bicyclic) bond motifs is 1. The lowest BCUT2D eigenvalue weighted by Crippen LogP contribution is -2.36. The minimum Gasteiger partial charge on any atom is -0.395 e. The Balaban J connectivity index is 2.41. The Morgan fingerprint density at radius 3 is 3.00 bits per heavy atom. The molecule has 88 valence electrons. The predicted octanol–water partition coefficient (Wildman–Crippen LogP) is -1.36. The van der Waals surface area contributed by atoms with Crippen molar-refractivity contribution in [1.82, 2.24) is 14.9 Å². The highest BCUT2D eigenvalue weighted by Gasteiger charge is 2.26. The molecule has 1 aromatic rings. The molecule has 0 aliphatic heterocycles. The second-order valence-corrected chi connectivity index (χ2v) is 3.96. The maximum absolute atomic E-state index is 11.8. The molecule has 1 heterocycles. The van der Waals surface area contributed by atoms with Crippen LogP contribution >= 0.6 is 0 Å². The van der Waals surface area contributed by atoms with Gasteiger partial charge in [0, 0.05) is 30.9 Å². The van der Waals surface area contributed by atoms with Gasteiger partial charge in [-0.1, -0.05) is 0 Å². The maximum Gasteiger partial charge on any atom is 0.328 e. The number of nitrogens with zero attached hydrogens (tertiary/aromatic N) is 1. The molecule has 0 amide bonds. The summed E-state index contributed by atoms with van der Waals surface area (Å²) in [6, 6.07) is -0.0243. The fourth-order valence-corrected chi connectivity index (χ4v) is 2.10. The molecule has 1 aliphatic rings. The third-order valence-corrected chi connectivity index (χ3v) is 2.97. The van der Waals surface area contributed by atoms with Gasteiger partial charge in [-0.15, -0.1) is 0 Å². The van der Waals surface area contributed by atoms with Crippen LogP contribution in [0.1, 0.15) is 23.7 Å². The van der Waals surface area contributed by atoms with E-state index in [1.54, 1.807) is 0 Å². The van der Waals surface area contributed by atoms with Gasteiger partial charge >= 0.3 is 5.69 Å². The van der Waals surface area contributed by atoms with E-state index in [1.165, 1.54) is 7.05 Å². The van der Waals surface area contributed by atoms with Crippen LogP contribution in [0, 0.1) is 0 Å². The van der Waals surface area contributed by atoms with E-state index in [9.17, 15) is 9.59 Å². The molecule has 1 atom stereocenters. The molecule has 16 heavy (non-hydrogen) atoms. The average molecular weight is 225 g/mol. The summed E-state index contributed by atoms with van der Waals surface area (Å²) in [4.78, 5) is 25.9. The number of H-pyrrole nitrogens is 1. The molecule has 1 unspecified atom stereocenters. The molecular weight excluding hydrogens is 210 g/mol. The molecule has 0 radical (unpaired) electrons. The lowest BCUT2D eigenvalue weighted by Gasteiger charge is -2.12. The van der Waals surface area contributed by atoms with Gasteiger partial charge in [0.25, 0.3) is 5.56 Å². The standard InChI is InChI=1S/C10H15N3O3/c1-13-9(15)6-2-3-7(11-4-5-14)8(6)12-10(13)16/h7,11,14H,2-5H2,1H3,(H,12,16). The number of aliphatic hydroxyl groups is 1. The highest BCUT2D eigenvalue weighted by molar-refractivity contribution is 5.25. The number of hydrogen-bond donors (Lipinski definition) is 3. The lowest BCUT2D eigenvalue weighted by molar-refractivity contribution is 0.283. The monoisotopic (exact) mass is 225 g/mol. The number of aromatic amines is 1. The zero-order valence-electron chi connectivity index (χ0n) is 9.12. The summed E-state index contributed by atoms with van der Waals surface area (Å²) in [5.74, 6) is 0. The van der Waals surface area contributed by atoms with Crippen molar-refractivity contribution in [2.24, 2.45) is 7.05 Å². The first-order valence-electron chi connectivity index (χ1n) is 5.31. The van der Waals surface area contributed by atoms with Crippen molar-refractivity contribution in [3.63, 3.8) is 0 Å². The number of rotatable bonds is 3. The molecule has 0 saturated heterocycles. The van der Waals surface area contributed by atoms with E-state index in [0.717, 1.165) is 11.0 Å². The van der Waals surface area contributed by atoms with Crippen LogP contribution in [-0.4, -0.2) is 27.8 Å². The van der Waals surface area contributed by atoms with Gasteiger partial charge in [-0.2, -0.15) is 0 Å². The Morgan fingerprint density at radius 1 is 1.56 bits per heavy atom. The van der Waals surface area contributed by atoms with Crippen molar-refractivity contribution in [1.29, 1.82) is 0 Å². The zero-order valence-corrected chi connectivity index (χ0v) is 9.12. The zero-order chi connectivity index (χ0) is 11.7. The molecule has 0 bridgehead atoms. The summed E-state index contributed by atoms with van der Waals surface area (Å²) in [6.07, 6.45) is 1.45. The number of hydrogen-bond acceptors (Lipinski definition) is 4. The smallest absolute Gasteiger partial charge is 0.328 e. The van der Waals surface area contributed by atoms with Gasteiger partial charge in [0.05, 0.1) is 6.61 Å². The van der Waals surface area contributed by atoms with Crippen molar-refractivity contribution in [3.05, 3.63) is 32.1 Å². The molecule has 6 nitrogen and oxygen atoms in total. The lowest BCUT2D eigenvalue weighted by atomic mass is 10.2. The fraction of sp³-hybridized carbons (Fsp3) is 0.600. The van der Waals surface area contributed by atoms with E-state index in [0.29, 0.717) is 24.2 Å². The van der Waals surface area contributed by atoms with Crippen LogP contribution in [0.15, 0.2) is 9.59 Å². The van der Waals surface area contributed by atoms with Crippen LogP contribution in [0.2, 0.25) is 0 Å². The van der Waals surface area contributed by atoms with Gasteiger partial charge in [0.2, 0.25) is 0 Å². The largest absolute Gasteiger partial charge is 0.395 e. The van der Waals surface area contributed by atoms with Crippen LogP contribution in [-0.2, 0) is 13.5 Å². The first-order valence-corrected chi connectivity index (χ1v) is 5.31. The second-order valence-electron chi connectivity index (χ2n) is 3.96. The molecule has 0 saturated carbocycles. The molecule has 1 aliphatic carbocycles. The minimum absolute atomic E-state index is 0.0243. The summed E-state index contributed by atoms with van der Waals surface area (Å²) in [5, 5.41) is 11.8. The van der Waals surface area contributed by atoms with E-state index >= 15 is 0 Å². The van der Waals surface area contributed by atoms with E-state index in [-0.39, 0.29) is 23.9 Å². The SMILES string of the molecule is Cn1c(=O)[nH]c2c(c1=O)CCC2NCCO. The number of aliphatic hydroxyl groups excluding tert-OH is 1. The van der Waals surface area contributed by atoms with E-state index in [4.69, 9.17) is 5.11 Å². The minimum atomic E-state index is -0.388. The number of nitrogens with one attached hydrogen (secondary N) is 2. The predicted molar refractivity (Wildman–Crippen MR) is 58.5 cm³/mol. The van der Waals surface area contributed by atoms with Crippen molar-refractivity contribution in [3.8, 4) is 0 Å². The Bertz CT molecular complexity index is 503. The molecular formula is C10H15N3O3.